The van der Waals surface area contributed by atoms with Gasteiger partial charge in [0.2, 0.25) is 11.8 Å². The lowest BCUT2D eigenvalue weighted by atomic mass is 9.72. The number of rotatable bonds is 13. The van der Waals surface area contributed by atoms with E-state index >= 15 is 0 Å². The molecule has 0 saturated heterocycles. The van der Waals surface area contributed by atoms with E-state index in [0.717, 1.165) is 37.9 Å². The second-order valence-electron chi connectivity index (χ2n) is 10.1. The Bertz CT molecular complexity index is 821. The number of carbonyl (C=O) groups is 2. The summed E-state index contributed by atoms with van der Waals surface area (Å²) < 4.78 is 0. The fourth-order valence-corrected chi connectivity index (χ4v) is 4.46. The molecule has 0 saturated carbocycles. The first-order valence-electron chi connectivity index (χ1n) is 13.1. The van der Waals surface area contributed by atoms with Gasteiger partial charge in [-0.1, -0.05) is 61.8 Å². The number of carbonyl (C=O) groups excluding carboxylic acids is 2. The van der Waals surface area contributed by atoms with Crippen LogP contribution in [0.4, 0.5) is 0 Å². The second kappa shape index (κ2) is 15.5. The Morgan fingerprint density at radius 1 is 1.03 bits per heavy atom. The van der Waals surface area contributed by atoms with Crippen LogP contribution < -0.4 is 5.32 Å². The highest BCUT2D eigenvalue weighted by Gasteiger charge is 2.26. The molecule has 190 valence electrons. The molecule has 4 nitrogen and oxygen atoms in total. The monoisotopic (exact) mass is 468 g/mol. The first-order valence-corrected chi connectivity index (χ1v) is 13.1. The maximum atomic E-state index is 12.1. The number of hydrogen-bond donors (Lipinski definition) is 1. The zero-order valence-corrected chi connectivity index (χ0v) is 22.8. The predicted octanol–water partition coefficient (Wildman–Crippen LogP) is 7.06. The van der Waals surface area contributed by atoms with Crippen LogP contribution in [0.3, 0.4) is 0 Å². The molecule has 0 fully saturated rings. The Balaban J connectivity index is 2.39. The average Bonchev–Trinajstić information content (AvgIpc) is 2.76. The summed E-state index contributed by atoms with van der Waals surface area (Å²) in [5.74, 6) is 0.160. The van der Waals surface area contributed by atoms with Crippen LogP contribution in [0.2, 0.25) is 0 Å². The van der Waals surface area contributed by atoms with E-state index < -0.39 is 0 Å². The highest BCUT2D eigenvalue weighted by molar-refractivity contribution is 5.88. The Morgan fingerprint density at radius 3 is 2.38 bits per heavy atom. The fraction of sp³-hybridized carbons (Fsp3) is 0.600. The summed E-state index contributed by atoms with van der Waals surface area (Å²) >= 11 is 0. The van der Waals surface area contributed by atoms with Gasteiger partial charge in [-0.3, -0.25) is 9.59 Å². The molecule has 1 aliphatic carbocycles. The number of amides is 2. The molecule has 0 aliphatic heterocycles. The molecule has 1 aliphatic rings. The van der Waals surface area contributed by atoms with Crippen molar-refractivity contribution >= 4 is 11.8 Å². The van der Waals surface area contributed by atoms with E-state index in [9.17, 15) is 9.59 Å². The van der Waals surface area contributed by atoms with Crippen LogP contribution in [0.25, 0.3) is 0 Å². The number of nitrogens with one attached hydrogen (secondary N) is 1. The van der Waals surface area contributed by atoms with E-state index in [4.69, 9.17) is 0 Å². The van der Waals surface area contributed by atoms with Crippen LogP contribution in [0.5, 0.6) is 0 Å². The van der Waals surface area contributed by atoms with Gasteiger partial charge in [-0.25, -0.2) is 0 Å². The summed E-state index contributed by atoms with van der Waals surface area (Å²) in [6.07, 6.45) is 19.2. The van der Waals surface area contributed by atoms with Crippen LogP contribution in [0, 0.1) is 5.41 Å². The van der Waals surface area contributed by atoms with Crippen LogP contribution in [-0.4, -0.2) is 36.3 Å². The molecular formula is C30H48N2O2. The summed E-state index contributed by atoms with van der Waals surface area (Å²) in [5.41, 5.74) is 5.34. The van der Waals surface area contributed by atoms with Gasteiger partial charge in [-0.15, -0.1) is 0 Å². The minimum absolute atomic E-state index is 0.0658. The molecule has 0 aromatic heterocycles. The van der Waals surface area contributed by atoms with Gasteiger partial charge in [-0.05, 0) is 83.3 Å². The van der Waals surface area contributed by atoms with Crippen molar-refractivity contribution < 1.29 is 9.59 Å². The van der Waals surface area contributed by atoms with Gasteiger partial charge < -0.3 is 10.2 Å². The van der Waals surface area contributed by atoms with Crippen LogP contribution in [-0.2, 0) is 9.59 Å². The molecule has 34 heavy (non-hydrogen) atoms. The number of nitrogens with zero attached hydrogens (tertiary/aromatic N) is 1. The average molecular weight is 469 g/mol. The van der Waals surface area contributed by atoms with E-state index in [2.05, 4.69) is 51.2 Å². The molecule has 0 radical (unpaired) electrons. The lowest BCUT2D eigenvalue weighted by Gasteiger charge is -2.32. The minimum Gasteiger partial charge on any atom is -0.353 e. The van der Waals surface area contributed by atoms with Crippen LogP contribution in [0.1, 0.15) is 93.4 Å². The van der Waals surface area contributed by atoms with E-state index in [1.165, 1.54) is 36.0 Å². The molecule has 4 heteroatoms. The largest absolute Gasteiger partial charge is 0.353 e. The highest BCUT2D eigenvalue weighted by Crippen LogP contribution is 2.40. The van der Waals surface area contributed by atoms with Crippen molar-refractivity contribution in [1.82, 2.24) is 10.2 Å². The topological polar surface area (TPSA) is 49.4 Å². The number of allylic oxidation sites excluding steroid dienone is 9. The van der Waals surface area contributed by atoms with Crippen molar-refractivity contribution in [1.29, 1.82) is 0 Å². The zero-order valence-electron chi connectivity index (χ0n) is 22.8. The summed E-state index contributed by atoms with van der Waals surface area (Å²) in [5, 5.41) is 2.94. The first-order chi connectivity index (χ1) is 16.1. The summed E-state index contributed by atoms with van der Waals surface area (Å²) in [6, 6.07) is 0. The summed E-state index contributed by atoms with van der Waals surface area (Å²) in [7, 11) is 0. The van der Waals surface area contributed by atoms with Crippen molar-refractivity contribution in [3.63, 3.8) is 0 Å². The smallest absolute Gasteiger partial charge is 0.244 e. The third kappa shape index (κ3) is 11.2. The van der Waals surface area contributed by atoms with Gasteiger partial charge in [0, 0.05) is 32.1 Å². The Kier molecular flexibility index (Phi) is 13.5. The Morgan fingerprint density at radius 2 is 1.74 bits per heavy atom. The van der Waals surface area contributed by atoms with Gasteiger partial charge in [0.15, 0.2) is 0 Å². The number of hydrogen-bond acceptors (Lipinski definition) is 2. The maximum absolute atomic E-state index is 12.1. The van der Waals surface area contributed by atoms with Gasteiger partial charge in [-0.2, -0.15) is 0 Å². The molecule has 0 unspecified atom stereocenters. The Labute approximate surface area is 209 Å². The van der Waals surface area contributed by atoms with Gasteiger partial charge in [0.05, 0.1) is 0 Å². The van der Waals surface area contributed by atoms with Crippen molar-refractivity contribution in [3.8, 4) is 0 Å². The third-order valence-corrected chi connectivity index (χ3v) is 6.62. The SMILES string of the molecule is CCN(CC)C(=O)CCCCCNC(=O)C=C(C)C=CC=C(C)C=CC1=C(C)CCCC1(C)C. The second-order valence-corrected chi connectivity index (χ2v) is 10.1. The van der Waals surface area contributed by atoms with Crippen molar-refractivity contribution in [2.75, 3.05) is 19.6 Å². The molecule has 0 atom stereocenters. The standard InChI is InChI=1S/C30H48N2O2/c1-8-32(9-2)29(34)18-11-10-12-22-31-28(33)23-25(4)16-13-15-24(3)19-20-27-26(5)17-14-21-30(27,6)7/h13,15-16,19-20,23H,8-12,14,17-18,21-22H2,1-7H3,(H,31,33). The molecule has 1 N–H and O–H groups in total. The normalized spacial score (nSPS) is 17.0. The van der Waals surface area contributed by atoms with Crippen LogP contribution in [0.15, 0.2) is 58.7 Å². The van der Waals surface area contributed by atoms with E-state index in [1.807, 2.05) is 37.8 Å². The minimum atomic E-state index is -0.0658. The van der Waals surface area contributed by atoms with Gasteiger partial charge in [0.1, 0.15) is 0 Å². The van der Waals surface area contributed by atoms with Crippen LogP contribution >= 0.6 is 0 Å². The van der Waals surface area contributed by atoms with Crippen molar-refractivity contribution in [2.24, 2.45) is 5.41 Å². The molecule has 0 heterocycles. The molecule has 0 spiro atoms. The summed E-state index contributed by atoms with van der Waals surface area (Å²) in [4.78, 5) is 26.0. The first kappa shape index (κ1) is 29.7. The van der Waals surface area contributed by atoms with Crippen molar-refractivity contribution in [3.05, 3.63) is 58.7 Å². The Hall–Kier alpha value is -2.36. The zero-order chi connectivity index (χ0) is 25.6. The van der Waals surface area contributed by atoms with E-state index in [-0.39, 0.29) is 17.2 Å². The molecule has 1 rings (SSSR count). The quantitative estimate of drug-likeness (QED) is 0.179. The molecule has 0 aromatic carbocycles. The predicted molar refractivity (Wildman–Crippen MR) is 146 cm³/mol. The lowest BCUT2D eigenvalue weighted by molar-refractivity contribution is -0.131. The maximum Gasteiger partial charge on any atom is 0.244 e. The lowest BCUT2D eigenvalue weighted by Crippen LogP contribution is -2.30. The summed E-state index contributed by atoms with van der Waals surface area (Å²) in [6.45, 7) is 17.2. The van der Waals surface area contributed by atoms with Gasteiger partial charge in [0.25, 0.3) is 0 Å². The molecule has 0 bridgehead atoms. The number of unbranched alkanes of at least 4 members (excludes halogenated alkanes) is 2. The molecular weight excluding hydrogens is 420 g/mol. The van der Waals surface area contributed by atoms with E-state index in [0.29, 0.717) is 13.0 Å². The van der Waals surface area contributed by atoms with Gasteiger partial charge >= 0.3 is 0 Å². The highest BCUT2D eigenvalue weighted by atomic mass is 16.2. The third-order valence-electron chi connectivity index (χ3n) is 6.62. The van der Waals surface area contributed by atoms with E-state index in [1.54, 1.807) is 6.08 Å². The fourth-order valence-electron chi connectivity index (χ4n) is 4.46. The molecule has 0 aromatic rings. The van der Waals surface area contributed by atoms with Crippen molar-refractivity contribution in [2.45, 2.75) is 93.4 Å². The molecule has 2 amide bonds.